The highest BCUT2D eigenvalue weighted by molar-refractivity contribution is 9.10. The van der Waals surface area contributed by atoms with Gasteiger partial charge in [-0.05, 0) is 61.4 Å². The maximum Gasteiger partial charge on any atom is 0.254 e. The number of fused-ring (bicyclic) bond motifs is 1. The summed E-state index contributed by atoms with van der Waals surface area (Å²) in [6.07, 6.45) is 4.54. The topological polar surface area (TPSA) is 42.4 Å². The summed E-state index contributed by atoms with van der Waals surface area (Å²) in [6, 6.07) is 15.6. The van der Waals surface area contributed by atoms with Gasteiger partial charge >= 0.3 is 0 Å². The van der Waals surface area contributed by atoms with Crippen molar-refractivity contribution >= 4 is 32.7 Å². The van der Waals surface area contributed by atoms with Crippen LogP contribution in [0.15, 0.2) is 53.0 Å². The minimum atomic E-state index is 0.0992. The number of aromatic nitrogens is 1. The van der Waals surface area contributed by atoms with Crippen LogP contribution in [0.1, 0.15) is 36.0 Å². The van der Waals surface area contributed by atoms with Crippen LogP contribution in [-0.2, 0) is 0 Å². The largest absolute Gasteiger partial charge is 0.497 e. The van der Waals surface area contributed by atoms with Crippen LogP contribution < -0.4 is 4.74 Å². The molecule has 0 unspecified atom stereocenters. The summed E-state index contributed by atoms with van der Waals surface area (Å²) >= 11 is 3.54. The third-order valence-electron chi connectivity index (χ3n) is 5.28. The number of carbonyl (C=O) groups excluding carboxylic acids is 1. The molecule has 0 radical (unpaired) electrons. The molecule has 4 nitrogen and oxygen atoms in total. The van der Waals surface area contributed by atoms with Crippen LogP contribution in [0.25, 0.3) is 22.2 Å². The van der Waals surface area contributed by atoms with Crippen molar-refractivity contribution in [1.82, 2.24) is 9.88 Å². The van der Waals surface area contributed by atoms with Crippen molar-refractivity contribution in [3.8, 4) is 17.0 Å². The number of carbonyl (C=O) groups is 1. The number of likely N-dealkylation sites (tertiary alicyclic amines) is 1. The second kappa shape index (κ2) is 8.31. The normalized spacial score (nSPS) is 14.7. The molecule has 1 fully saturated rings. The fraction of sp³-hybridized carbons (Fsp3) is 0.304. The van der Waals surface area contributed by atoms with Crippen molar-refractivity contribution in [1.29, 1.82) is 0 Å². The highest BCUT2D eigenvalue weighted by Crippen LogP contribution is 2.29. The zero-order valence-corrected chi connectivity index (χ0v) is 17.5. The molecule has 0 saturated carbocycles. The average molecular weight is 439 g/mol. The number of amides is 1. The van der Waals surface area contributed by atoms with Gasteiger partial charge in [-0.2, -0.15) is 0 Å². The van der Waals surface area contributed by atoms with Gasteiger partial charge in [0.25, 0.3) is 5.91 Å². The third-order valence-corrected chi connectivity index (χ3v) is 5.77. The highest BCUT2D eigenvalue weighted by atomic mass is 79.9. The molecule has 3 aromatic rings. The number of hydrogen-bond donors (Lipinski definition) is 0. The lowest BCUT2D eigenvalue weighted by atomic mass is 10.0. The van der Waals surface area contributed by atoms with Gasteiger partial charge in [0, 0.05) is 28.5 Å². The first kappa shape index (κ1) is 18.9. The standard InChI is InChI=1S/C23H23BrN2O2/c1-28-18-9-6-16(7-10-18)22-15-20(19-14-17(24)8-11-21(19)25-22)23(27)26-12-4-2-3-5-13-26/h6-11,14-15H,2-5,12-13H2,1H3. The van der Waals surface area contributed by atoms with E-state index in [-0.39, 0.29) is 5.91 Å². The van der Waals surface area contributed by atoms with E-state index in [2.05, 4.69) is 15.9 Å². The zero-order chi connectivity index (χ0) is 19.5. The molecule has 1 amide bonds. The van der Waals surface area contributed by atoms with Crippen LogP contribution in [0.5, 0.6) is 5.75 Å². The quantitative estimate of drug-likeness (QED) is 0.527. The number of methoxy groups -OCH3 is 1. The first-order valence-corrected chi connectivity index (χ1v) is 10.5. The van der Waals surface area contributed by atoms with E-state index < -0.39 is 0 Å². The molecule has 1 saturated heterocycles. The molecule has 1 aliphatic heterocycles. The Kier molecular flexibility index (Phi) is 5.62. The Morgan fingerprint density at radius 3 is 2.39 bits per heavy atom. The van der Waals surface area contributed by atoms with Gasteiger partial charge in [-0.3, -0.25) is 4.79 Å². The monoisotopic (exact) mass is 438 g/mol. The van der Waals surface area contributed by atoms with Gasteiger partial charge in [-0.25, -0.2) is 4.98 Å². The molecule has 2 aromatic carbocycles. The number of benzene rings is 2. The molecular weight excluding hydrogens is 416 g/mol. The fourth-order valence-corrected chi connectivity index (χ4v) is 4.09. The van der Waals surface area contributed by atoms with Crippen molar-refractivity contribution in [2.24, 2.45) is 0 Å². The van der Waals surface area contributed by atoms with Crippen molar-refractivity contribution in [3.05, 3.63) is 58.6 Å². The van der Waals surface area contributed by atoms with Gasteiger partial charge in [0.1, 0.15) is 5.75 Å². The van der Waals surface area contributed by atoms with Crippen molar-refractivity contribution in [3.63, 3.8) is 0 Å². The number of nitrogens with zero attached hydrogens (tertiary/aromatic N) is 2. The molecule has 144 valence electrons. The lowest BCUT2D eigenvalue weighted by Gasteiger charge is -2.21. The van der Waals surface area contributed by atoms with Crippen molar-refractivity contribution in [2.45, 2.75) is 25.7 Å². The van der Waals surface area contributed by atoms with E-state index in [0.717, 1.165) is 63.9 Å². The summed E-state index contributed by atoms with van der Waals surface area (Å²) < 4.78 is 6.20. The summed E-state index contributed by atoms with van der Waals surface area (Å²) in [5, 5.41) is 0.890. The van der Waals surface area contributed by atoms with E-state index in [4.69, 9.17) is 9.72 Å². The molecule has 1 aromatic heterocycles. The Balaban J connectivity index is 1.82. The maximum absolute atomic E-state index is 13.4. The molecule has 5 heteroatoms. The van der Waals surface area contributed by atoms with Gasteiger partial charge in [-0.1, -0.05) is 28.8 Å². The van der Waals surface area contributed by atoms with Crippen molar-refractivity contribution in [2.75, 3.05) is 20.2 Å². The molecule has 0 bridgehead atoms. The third kappa shape index (κ3) is 3.90. The number of pyridine rings is 1. The Morgan fingerprint density at radius 1 is 1.00 bits per heavy atom. The molecule has 2 heterocycles. The molecule has 0 atom stereocenters. The number of hydrogen-bond acceptors (Lipinski definition) is 3. The SMILES string of the molecule is COc1ccc(-c2cc(C(=O)N3CCCCCC3)c3cc(Br)ccc3n2)cc1. The van der Waals surface area contributed by atoms with Crippen LogP contribution >= 0.6 is 15.9 Å². The lowest BCUT2D eigenvalue weighted by Crippen LogP contribution is -2.32. The molecule has 0 aliphatic carbocycles. The Morgan fingerprint density at radius 2 is 1.71 bits per heavy atom. The maximum atomic E-state index is 13.4. The summed E-state index contributed by atoms with van der Waals surface area (Å²) in [4.78, 5) is 20.2. The number of ether oxygens (including phenoxy) is 1. The van der Waals surface area contributed by atoms with Crippen LogP contribution in [0.4, 0.5) is 0 Å². The van der Waals surface area contributed by atoms with E-state index in [1.54, 1.807) is 7.11 Å². The van der Waals surface area contributed by atoms with Crippen LogP contribution in [0, 0.1) is 0 Å². The van der Waals surface area contributed by atoms with E-state index >= 15 is 0 Å². The minimum absolute atomic E-state index is 0.0992. The highest BCUT2D eigenvalue weighted by Gasteiger charge is 2.21. The Bertz CT molecular complexity index is 993. The van der Waals surface area contributed by atoms with Gasteiger partial charge < -0.3 is 9.64 Å². The summed E-state index contributed by atoms with van der Waals surface area (Å²) in [7, 11) is 1.65. The van der Waals surface area contributed by atoms with Gasteiger partial charge in [0.15, 0.2) is 0 Å². The van der Waals surface area contributed by atoms with Crippen LogP contribution in [0.3, 0.4) is 0 Å². The first-order chi connectivity index (χ1) is 13.7. The zero-order valence-electron chi connectivity index (χ0n) is 16.0. The minimum Gasteiger partial charge on any atom is -0.497 e. The lowest BCUT2D eigenvalue weighted by molar-refractivity contribution is 0.0763. The van der Waals surface area contributed by atoms with E-state index in [0.29, 0.717) is 0 Å². The smallest absolute Gasteiger partial charge is 0.254 e. The Labute approximate surface area is 173 Å². The molecule has 1 aliphatic rings. The first-order valence-electron chi connectivity index (χ1n) is 9.70. The van der Waals surface area contributed by atoms with E-state index in [9.17, 15) is 4.79 Å². The Hall–Kier alpha value is -2.40. The van der Waals surface area contributed by atoms with E-state index in [1.807, 2.05) is 53.4 Å². The second-order valence-corrected chi connectivity index (χ2v) is 8.07. The number of halogens is 1. The number of rotatable bonds is 3. The van der Waals surface area contributed by atoms with Crippen LogP contribution in [0.2, 0.25) is 0 Å². The predicted molar refractivity (Wildman–Crippen MR) is 116 cm³/mol. The predicted octanol–water partition coefficient (Wildman–Crippen LogP) is 5.69. The second-order valence-electron chi connectivity index (χ2n) is 7.15. The summed E-state index contributed by atoms with van der Waals surface area (Å²) in [5.41, 5.74) is 3.32. The summed E-state index contributed by atoms with van der Waals surface area (Å²) in [6.45, 7) is 1.66. The van der Waals surface area contributed by atoms with E-state index in [1.165, 1.54) is 12.8 Å². The molecular formula is C23H23BrN2O2. The van der Waals surface area contributed by atoms with Gasteiger partial charge in [-0.15, -0.1) is 0 Å². The van der Waals surface area contributed by atoms with Crippen molar-refractivity contribution < 1.29 is 9.53 Å². The summed E-state index contributed by atoms with van der Waals surface area (Å²) in [5.74, 6) is 0.900. The molecule has 0 N–H and O–H groups in total. The fourth-order valence-electron chi connectivity index (χ4n) is 3.73. The molecule has 4 rings (SSSR count). The molecule has 28 heavy (non-hydrogen) atoms. The van der Waals surface area contributed by atoms with Gasteiger partial charge in [0.05, 0.1) is 23.9 Å². The van der Waals surface area contributed by atoms with Crippen LogP contribution in [-0.4, -0.2) is 36.0 Å². The molecule has 0 spiro atoms. The van der Waals surface area contributed by atoms with Gasteiger partial charge in [0.2, 0.25) is 0 Å². The average Bonchev–Trinajstić information content (AvgIpc) is 3.02.